The van der Waals surface area contributed by atoms with E-state index in [0.717, 1.165) is 5.56 Å². The van der Waals surface area contributed by atoms with E-state index in [9.17, 15) is 9.18 Å². The van der Waals surface area contributed by atoms with Crippen LogP contribution < -0.4 is 10.5 Å². The van der Waals surface area contributed by atoms with Crippen LogP contribution in [-0.2, 0) is 6.42 Å². The molecular weight excluding hydrogens is 385 g/mol. The molecule has 1 amide bonds. The molecule has 8 heteroatoms. The summed E-state index contributed by atoms with van der Waals surface area (Å²) in [5, 5.41) is 0. The number of hydrogen-bond acceptors (Lipinski definition) is 6. The Morgan fingerprint density at radius 1 is 1.27 bits per heavy atom. The first-order chi connectivity index (χ1) is 14.4. The summed E-state index contributed by atoms with van der Waals surface area (Å²) in [4.78, 5) is 27.8. The minimum atomic E-state index is -0.382. The molecule has 1 aliphatic rings. The summed E-state index contributed by atoms with van der Waals surface area (Å²) in [5.74, 6) is -0.0179. The number of nitrogens with zero attached hydrogens (tertiary/aromatic N) is 4. The number of amides is 1. The van der Waals surface area contributed by atoms with Crippen molar-refractivity contribution in [3.05, 3.63) is 64.9 Å². The number of carbonyl (C=O) groups is 1. The van der Waals surface area contributed by atoms with Crippen molar-refractivity contribution < 1.29 is 13.9 Å². The van der Waals surface area contributed by atoms with Gasteiger partial charge in [0.15, 0.2) is 0 Å². The van der Waals surface area contributed by atoms with Crippen molar-refractivity contribution in [3.8, 4) is 17.0 Å². The van der Waals surface area contributed by atoms with E-state index in [-0.39, 0.29) is 23.7 Å². The van der Waals surface area contributed by atoms with Gasteiger partial charge in [0, 0.05) is 24.7 Å². The van der Waals surface area contributed by atoms with E-state index >= 15 is 0 Å². The van der Waals surface area contributed by atoms with Crippen LogP contribution in [-0.4, -0.2) is 39.4 Å². The number of rotatable bonds is 4. The third-order valence-electron chi connectivity index (χ3n) is 5.39. The largest absolute Gasteiger partial charge is 0.481 e. The smallest absolute Gasteiger partial charge is 0.258 e. The number of aromatic nitrogens is 3. The van der Waals surface area contributed by atoms with E-state index in [4.69, 9.17) is 10.5 Å². The summed E-state index contributed by atoms with van der Waals surface area (Å²) in [5.41, 5.74) is 9.56. The van der Waals surface area contributed by atoms with E-state index in [1.165, 1.54) is 19.2 Å². The zero-order valence-corrected chi connectivity index (χ0v) is 17.0. The molecule has 4 rings (SSSR count). The van der Waals surface area contributed by atoms with Crippen molar-refractivity contribution >= 4 is 11.9 Å². The summed E-state index contributed by atoms with van der Waals surface area (Å²) in [6.07, 6.45) is 2.06. The van der Waals surface area contributed by atoms with Crippen LogP contribution in [0.15, 0.2) is 36.5 Å². The Balaban J connectivity index is 1.91. The van der Waals surface area contributed by atoms with Crippen LogP contribution in [0.1, 0.15) is 40.3 Å². The van der Waals surface area contributed by atoms with Crippen molar-refractivity contribution in [1.82, 2.24) is 19.9 Å². The molecule has 7 nitrogen and oxygen atoms in total. The fourth-order valence-electron chi connectivity index (χ4n) is 4.11. The van der Waals surface area contributed by atoms with Crippen LogP contribution in [0, 0.1) is 12.7 Å². The van der Waals surface area contributed by atoms with Crippen molar-refractivity contribution in [3.63, 3.8) is 0 Å². The van der Waals surface area contributed by atoms with Gasteiger partial charge in [0.25, 0.3) is 5.91 Å². The maximum Gasteiger partial charge on any atom is 0.258 e. The second-order valence-electron chi connectivity index (χ2n) is 7.09. The number of aryl methyl sites for hydroxylation is 1. The van der Waals surface area contributed by atoms with Crippen molar-refractivity contribution in [1.29, 1.82) is 0 Å². The van der Waals surface area contributed by atoms with Gasteiger partial charge in [-0.3, -0.25) is 4.79 Å². The Kier molecular flexibility index (Phi) is 5.07. The molecule has 3 aromatic rings. The highest BCUT2D eigenvalue weighted by Crippen LogP contribution is 2.40. The summed E-state index contributed by atoms with van der Waals surface area (Å²) in [7, 11) is 1.52. The molecule has 0 aliphatic carbocycles. The maximum atomic E-state index is 14.3. The van der Waals surface area contributed by atoms with Gasteiger partial charge < -0.3 is 15.4 Å². The molecule has 2 aromatic heterocycles. The van der Waals surface area contributed by atoms with Crippen LogP contribution in [0.25, 0.3) is 11.1 Å². The highest BCUT2D eigenvalue weighted by Gasteiger charge is 2.36. The number of benzene rings is 1. The quantitative estimate of drug-likeness (QED) is 0.713. The lowest BCUT2D eigenvalue weighted by Crippen LogP contribution is -2.41. The number of hydrogen-bond donors (Lipinski definition) is 1. The Morgan fingerprint density at radius 2 is 2.07 bits per heavy atom. The lowest BCUT2D eigenvalue weighted by molar-refractivity contribution is 0.0656. The van der Waals surface area contributed by atoms with Gasteiger partial charge in [0.1, 0.15) is 5.82 Å². The number of nitrogens with two attached hydrogens (primary N) is 1. The van der Waals surface area contributed by atoms with Gasteiger partial charge in [-0.15, -0.1) is 0 Å². The predicted molar refractivity (Wildman–Crippen MR) is 111 cm³/mol. The number of pyridine rings is 1. The first-order valence-electron chi connectivity index (χ1n) is 9.67. The third kappa shape index (κ3) is 3.24. The molecule has 0 bridgehead atoms. The van der Waals surface area contributed by atoms with E-state index in [1.807, 2.05) is 13.0 Å². The van der Waals surface area contributed by atoms with Crippen molar-refractivity contribution in [2.75, 3.05) is 19.4 Å². The normalized spacial score (nSPS) is 15.8. The average molecular weight is 407 g/mol. The summed E-state index contributed by atoms with van der Waals surface area (Å²) in [6.45, 7) is 4.15. The predicted octanol–water partition coefficient (Wildman–Crippen LogP) is 3.34. The van der Waals surface area contributed by atoms with Crippen molar-refractivity contribution in [2.45, 2.75) is 26.3 Å². The summed E-state index contributed by atoms with van der Waals surface area (Å²) >= 11 is 0. The number of nitrogen functional groups attached to an aromatic ring is 1. The second kappa shape index (κ2) is 7.70. The lowest BCUT2D eigenvalue weighted by Gasteiger charge is -2.37. The Morgan fingerprint density at radius 3 is 2.80 bits per heavy atom. The average Bonchev–Trinajstić information content (AvgIpc) is 2.73. The zero-order valence-electron chi connectivity index (χ0n) is 17.0. The molecule has 0 unspecified atom stereocenters. The van der Waals surface area contributed by atoms with Crippen molar-refractivity contribution in [2.24, 2.45) is 0 Å². The topological polar surface area (TPSA) is 94.2 Å². The molecule has 2 N–H and O–H groups in total. The van der Waals surface area contributed by atoms with E-state index in [2.05, 4.69) is 15.0 Å². The molecule has 0 fully saturated rings. The van der Waals surface area contributed by atoms with Gasteiger partial charge >= 0.3 is 0 Å². The summed E-state index contributed by atoms with van der Waals surface area (Å²) < 4.78 is 19.7. The Hall–Kier alpha value is -3.55. The number of likely N-dealkylation sites (N-methyl/N-ethyl adjacent to an activating group) is 1. The molecule has 1 atom stereocenters. The highest BCUT2D eigenvalue weighted by atomic mass is 19.1. The van der Waals surface area contributed by atoms with Gasteiger partial charge in [-0.05, 0) is 49.2 Å². The first kappa shape index (κ1) is 19.8. The third-order valence-corrected chi connectivity index (χ3v) is 5.39. The minimum absolute atomic E-state index is 0.135. The van der Waals surface area contributed by atoms with Gasteiger partial charge in [0.05, 0.1) is 30.1 Å². The van der Waals surface area contributed by atoms with Gasteiger partial charge in [0.2, 0.25) is 11.8 Å². The number of carbonyl (C=O) groups excluding carboxylic acids is 1. The fourth-order valence-corrected chi connectivity index (χ4v) is 4.11. The van der Waals surface area contributed by atoms with Crippen LogP contribution in [0.5, 0.6) is 5.88 Å². The summed E-state index contributed by atoms with van der Waals surface area (Å²) in [6, 6.07) is 7.80. The van der Waals surface area contributed by atoms with E-state index in [0.29, 0.717) is 46.9 Å². The van der Waals surface area contributed by atoms with Crippen LogP contribution in [0.4, 0.5) is 10.3 Å². The lowest BCUT2D eigenvalue weighted by atomic mass is 9.87. The standard InChI is InChI=1S/C22H22FN5O2/c1-4-28-18(11-17-19(21(28)29)12(2)26-22(24)27-17)14-8-7-13(23)10-16(14)15-6-5-9-25-20(15)30-3/h5-10,18H,4,11H2,1-3H3,(H2,24,26,27)/t18-/m1/s1. The number of methoxy groups -OCH3 is 1. The Bertz CT molecular complexity index is 1130. The number of anilines is 1. The van der Waals surface area contributed by atoms with Crippen LogP contribution in [0.2, 0.25) is 0 Å². The van der Waals surface area contributed by atoms with Crippen LogP contribution in [0.3, 0.4) is 0 Å². The van der Waals surface area contributed by atoms with Gasteiger partial charge in [-0.1, -0.05) is 6.07 Å². The molecule has 0 saturated carbocycles. The number of halogens is 1. The van der Waals surface area contributed by atoms with Gasteiger partial charge in [-0.25, -0.2) is 19.3 Å². The maximum absolute atomic E-state index is 14.3. The molecule has 1 aliphatic heterocycles. The molecule has 0 saturated heterocycles. The fraction of sp³-hybridized carbons (Fsp3) is 0.273. The van der Waals surface area contributed by atoms with E-state index < -0.39 is 0 Å². The minimum Gasteiger partial charge on any atom is -0.481 e. The van der Waals surface area contributed by atoms with E-state index in [1.54, 1.807) is 30.2 Å². The Labute approximate surface area is 173 Å². The number of ether oxygens (including phenoxy) is 1. The zero-order chi connectivity index (χ0) is 21.4. The highest BCUT2D eigenvalue weighted by molar-refractivity contribution is 5.98. The molecule has 30 heavy (non-hydrogen) atoms. The van der Waals surface area contributed by atoms with Crippen LogP contribution >= 0.6 is 0 Å². The molecule has 154 valence electrons. The molecular formula is C22H22FN5O2. The monoisotopic (exact) mass is 407 g/mol. The first-order valence-corrected chi connectivity index (χ1v) is 9.67. The SMILES string of the molecule is CCN1C(=O)c2c(C)nc(N)nc2C[C@@H]1c1ccc(F)cc1-c1cccnc1OC. The molecule has 1 aromatic carbocycles. The number of fused-ring (bicyclic) bond motifs is 1. The van der Waals surface area contributed by atoms with Gasteiger partial charge in [-0.2, -0.15) is 0 Å². The molecule has 3 heterocycles. The molecule has 0 spiro atoms. The molecule has 0 radical (unpaired) electrons. The second-order valence-corrected chi connectivity index (χ2v) is 7.09.